The highest BCUT2D eigenvalue weighted by atomic mass is 19.3. The third kappa shape index (κ3) is 2.42. The Morgan fingerprint density at radius 3 is 2.21 bits per heavy atom. The lowest BCUT2D eigenvalue weighted by Crippen LogP contribution is -2.54. The molecule has 0 aromatic heterocycles. The van der Waals surface area contributed by atoms with Gasteiger partial charge >= 0.3 is 6.11 Å². The summed E-state index contributed by atoms with van der Waals surface area (Å²) in [5.41, 5.74) is -1.52. The van der Waals surface area contributed by atoms with Gasteiger partial charge in [-0.1, -0.05) is 20.8 Å². The summed E-state index contributed by atoms with van der Waals surface area (Å²) in [4.78, 5) is 0. The Bertz CT molecular complexity index is 219. The van der Waals surface area contributed by atoms with Crippen LogP contribution in [0.1, 0.15) is 34.1 Å². The summed E-state index contributed by atoms with van der Waals surface area (Å²) in [5, 5.41) is 9.94. The summed E-state index contributed by atoms with van der Waals surface area (Å²) in [6.07, 6.45) is -3.51. The predicted octanol–water partition coefficient (Wildman–Crippen LogP) is 2.41. The molecule has 0 radical (unpaired) electrons. The van der Waals surface area contributed by atoms with Gasteiger partial charge in [-0.25, -0.2) is 0 Å². The first kappa shape index (κ1) is 11.9. The van der Waals surface area contributed by atoms with Gasteiger partial charge in [0, 0.05) is 12.3 Å². The Hall–Kier alpha value is -0.220. The van der Waals surface area contributed by atoms with Gasteiger partial charge in [-0.3, -0.25) is 0 Å². The van der Waals surface area contributed by atoms with Gasteiger partial charge in [-0.05, 0) is 12.3 Å². The molecule has 2 unspecified atom stereocenters. The maximum absolute atomic E-state index is 13.0. The molecule has 2 atom stereocenters. The maximum Gasteiger partial charge on any atom is 0.356 e. The molecule has 1 saturated heterocycles. The summed E-state index contributed by atoms with van der Waals surface area (Å²) < 4.78 is 30.3. The predicted molar refractivity (Wildman–Crippen MR) is 49.1 cm³/mol. The zero-order valence-corrected chi connectivity index (χ0v) is 9.10. The highest BCUT2D eigenvalue weighted by Gasteiger charge is 2.52. The topological polar surface area (TPSA) is 29.5 Å². The van der Waals surface area contributed by atoms with Crippen LogP contribution in [-0.4, -0.2) is 23.4 Å². The first-order valence-corrected chi connectivity index (χ1v) is 4.79. The molecule has 0 spiro atoms. The fourth-order valence-corrected chi connectivity index (χ4v) is 2.11. The van der Waals surface area contributed by atoms with Crippen molar-refractivity contribution < 1.29 is 18.6 Å². The van der Waals surface area contributed by atoms with Crippen LogP contribution in [0.25, 0.3) is 0 Å². The van der Waals surface area contributed by atoms with Gasteiger partial charge < -0.3 is 9.84 Å². The molecule has 1 fully saturated rings. The molecule has 1 aliphatic rings. The van der Waals surface area contributed by atoms with Crippen molar-refractivity contribution in [1.82, 2.24) is 0 Å². The largest absolute Gasteiger partial charge is 0.387 e. The minimum Gasteiger partial charge on any atom is -0.387 e. The lowest BCUT2D eigenvalue weighted by molar-refractivity contribution is -0.317. The molecule has 1 rings (SSSR count). The number of alkyl halides is 2. The maximum atomic E-state index is 13.0. The van der Waals surface area contributed by atoms with Crippen molar-refractivity contribution in [2.45, 2.75) is 45.8 Å². The first-order chi connectivity index (χ1) is 6.05. The number of halogens is 2. The van der Waals surface area contributed by atoms with Crippen molar-refractivity contribution in [1.29, 1.82) is 0 Å². The summed E-state index contributed by atoms with van der Waals surface area (Å²) >= 11 is 0. The van der Waals surface area contributed by atoms with Gasteiger partial charge in [0.15, 0.2) is 0 Å². The highest BCUT2D eigenvalue weighted by Crippen LogP contribution is 2.45. The highest BCUT2D eigenvalue weighted by molar-refractivity contribution is 4.94. The van der Waals surface area contributed by atoms with E-state index in [2.05, 4.69) is 4.74 Å². The molecule has 0 saturated carbocycles. The third-order valence-electron chi connectivity index (χ3n) is 2.81. The monoisotopic (exact) mass is 208 g/mol. The quantitative estimate of drug-likeness (QED) is 0.662. The van der Waals surface area contributed by atoms with Crippen LogP contribution in [0.4, 0.5) is 8.78 Å². The summed E-state index contributed by atoms with van der Waals surface area (Å²) in [6, 6.07) is 0. The van der Waals surface area contributed by atoms with E-state index in [9.17, 15) is 13.9 Å². The molecule has 0 amide bonds. The number of hydrogen-bond acceptors (Lipinski definition) is 2. The molecule has 84 valence electrons. The number of ether oxygens (including phenoxy) is 1. The minimum atomic E-state index is -3.10. The Labute approximate surface area is 83.3 Å². The van der Waals surface area contributed by atoms with Crippen LogP contribution in [0, 0.1) is 11.3 Å². The average Bonchev–Trinajstić information content (AvgIpc) is 1.93. The van der Waals surface area contributed by atoms with E-state index in [-0.39, 0.29) is 12.0 Å². The fourth-order valence-electron chi connectivity index (χ4n) is 2.11. The molecule has 4 heteroatoms. The molecular weight excluding hydrogens is 190 g/mol. The molecule has 1 heterocycles. The van der Waals surface area contributed by atoms with Gasteiger partial charge in [0.1, 0.15) is 0 Å². The molecule has 0 bridgehead atoms. The van der Waals surface area contributed by atoms with Crippen LogP contribution in [0.3, 0.4) is 0 Å². The molecule has 1 aliphatic heterocycles. The van der Waals surface area contributed by atoms with Crippen LogP contribution in [0.2, 0.25) is 0 Å². The zero-order chi connectivity index (χ0) is 11.2. The fraction of sp³-hybridized carbons (Fsp3) is 1.00. The van der Waals surface area contributed by atoms with Gasteiger partial charge in [0.2, 0.25) is 0 Å². The molecular formula is C10H18F2O2. The molecule has 0 aromatic carbocycles. The number of rotatable bonds is 0. The van der Waals surface area contributed by atoms with Crippen LogP contribution in [0.5, 0.6) is 0 Å². The minimum absolute atomic E-state index is 0.304. The molecule has 1 N–H and O–H groups in total. The lowest BCUT2D eigenvalue weighted by Gasteiger charge is -2.46. The molecule has 2 nitrogen and oxygen atoms in total. The Balaban J connectivity index is 2.88. The van der Waals surface area contributed by atoms with E-state index < -0.39 is 24.0 Å². The van der Waals surface area contributed by atoms with Gasteiger partial charge in [-0.2, -0.15) is 8.78 Å². The SMILES string of the molecule is CC(C)(C)C1CC(F)(F)OCC1(C)O. The molecule has 0 aromatic rings. The number of hydrogen-bond donors (Lipinski definition) is 1. The molecule has 14 heavy (non-hydrogen) atoms. The van der Waals surface area contributed by atoms with Gasteiger partial charge in [-0.15, -0.1) is 0 Å². The normalized spacial score (nSPS) is 38.4. The standard InChI is InChI=1S/C10H18F2O2/c1-8(2,3)7-5-10(11,12)14-6-9(7,4)13/h7,13H,5-6H2,1-4H3. The summed E-state index contributed by atoms with van der Waals surface area (Å²) in [7, 11) is 0. The van der Waals surface area contributed by atoms with E-state index >= 15 is 0 Å². The van der Waals surface area contributed by atoms with Crippen molar-refractivity contribution in [2.75, 3.05) is 6.61 Å². The second-order valence-electron chi connectivity index (χ2n) is 5.41. The van der Waals surface area contributed by atoms with Crippen molar-refractivity contribution in [3.63, 3.8) is 0 Å². The Morgan fingerprint density at radius 2 is 1.86 bits per heavy atom. The average molecular weight is 208 g/mol. The van der Waals surface area contributed by atoms with Crippen LogP contribution in [0.15, 0.2) is 0 Å². The van der Waals surface area contributed by atoms with Crippen molar-refractivity contribution in [2.24, 2.45) is 11.3 Å². The van der Waals surface area contributed by atoms with E-state index in [0.717, 1.165) is 0 Å². The van der Waals surface area contributed by atoms with E-state index in [0.29, 0.717) is 0 Å². The van der Waals surface area contributed by atoms with Crippen LogP contribution >= 0.6 is 0 Å². The Morgan fingerprint density at radius 1 is 1.36 bits per heavy atom. The van der Waals surface area contributed by atoms with Crippen LogP contribution < -0.4 is 0 Å². The first-order valence-electron chi connectivity index (χ1n) is 4.79. The smallest absolute Gasteiger partial charge is 0.356 e. The van der Waals surface area contributed by atoms with Gasteiger partial charge in [0.05, 0.1) is 12.2 Å². The van der Waals surface area contributed by atoms with Crippen molar-refractivity contribution in [3.05, 3.63) is 0 Å². The van der Waals surface area contributed by atoms with E-state index in [1.165, 1.54) is 0 Å². The number of aliphatic hydroxyl groups is 1. The zero-order valence-electron chi connectivity index (χ0n) is 9.10. The van der Waals surface area contributed by atoms with E-state index in [4.69, 9.17) is 0 Å². The third-order valence-corrected chi connectivity index (χ3v) is 2.81. The summed E-state index contributed by atoms with van der Waals surface area (Å²) in [6.45, 7) is 6.81. The van der Waals surface area contributed by atoms with E-state index in [1.807, 2.05) is 20.8 Å². The van der Waals surface area contributed by atoms with Gasteiger partial charge in [0.25, 0.3) is 0 Å². The molecule has 0 aliphatic carbocycles. The second-order valence-corrected chi connectivity index (χ2v) is 5.41. The van der Waals surface area contributed by atoms with Crippen molar-refractivity contribution >= 4 is 0 Å². The van der Waals surface area contributed by atoms with Crippen LogP contribution in [-0.2, 0) is 4.74 Å². The second kappa shape index (κ2) is 3.14. The summed E-state index contributed by atoms with van der Waals surface area (Å²) in [5.74, 6) is -0.459. The van der Waals surface area contributed by atoms with E-state index in [1.54, 1.807) is 6.92 Å². The van der Waals surface area contributed by atoms with Crippen molar-refractivity contribution in [3.8, 4) is 0 Å². The Kier molecular flexibility index (Phi) is 2.66. The lowest BCUT2D eigenvalue weighted by atomic mass is 9.68.